The van der Waals surface area contributed by atoms with Crippen LogP contribution in [0, 0.1) is 20.8 Å². The molecule has 1 amide bonds. The number of carbonyl (C=O) groups excluding carboxylic acids is 1. The van der Waals surface area contributed by atoms with Gasteiger partial charge in [0, 0.05) is 6.04 Å². The van der Waals surface area contributed by atoms with Crippen molar-refractivity contribution < 1.29 is 22.4 Å². The van der Waals surface area contributed by atoms with E-state index < -0.39 is 15.9 Å². The summed E-state index contributed by atoms with van der Waals surface area (Å²) in [6.07, 6.45) is -0.300. The minimum Gasteiger partial charge on any atom is -0.481 e. The van der Waals surface area contributed by atoms with Crippen LogP contribution >= 0.6 is 0 Å². The Morgan fingerprint density at radius 2 is 1.96 bits per heavy atom. The van der Waals surface area contributed by atoms with E-state index in [1.54, 1.807) is 11.8 Å². The summed E-state index contributed by atoms with van der Waals surface area (Å²) < 4.78 is 35.4. The highest BCUT2D eigenvalue weighted by Crippen LogP contribution is 2.24. The lowest BCUT2D eigenvalue weighted by Gasteiger charge is -2.30. The fraction of sp³-hybridized carbons (Fsp3) is 0.476. The lowest BCUT2D eigenvalue weighted by atomic mass is 10.1. The number of furan rings is 1. The van der Waals surface area contributed by atoms with Gasteiger partial charge in [0.15, 0.2) is 15.9 Å². The highest BCUT2D eigenvalue weighted by Gasteiger charge is 2.37. The standard InChI is InChI=1S/C21H27NO5S/c1-14-5-7-19(11-15(14)2)27-17(4)21(23)22(12-20-8-6-16(3)26-20)18-9-10-28(24,25)13-18/h5-8,11,17-18H,9-10,12-13H2,1-4H3/t17-,18+/m1/s1. The predicted octanol–water partition coefficient (Wildman–Crippen LogP) is 3.19. The van der Waals surface area contributed by atoms with E-state index >= 15 is 0 Å². The molecule has 0 radical (unpaired) electrons. The smallest absolute Gasteiger partial charge is 0.264 e. The molecule has 0 bridgehead atoms. The summed E-state index contributed by atoms with van der Waals surface area (Å²) in [5.41, 5.74) is 2.24. The minimum atomic E-state index is -3.12. The quantitative estimate of drug-likeness (QED) is 0.738. The summed E-state index contributed by atoms with van der Waals surface area (Å²) >= 11 is 0. The molecule has 1 aliphatic heterocycles. The van der Waals surface area contributed by atoms with Gasteiger partial charge in [0.1, 0.15) is 17.3 Å². The molecule has 1 aromatic carbocycles. The Hall–Kier alpha value is -2.28. The molecule has 2 aromatic rings. The Kier molecular flexibility index (Phi) is 5.84. The van der Waals surface area contributed by atoms with Gasteiger partial charge in [-0.15, -0.1) is 0 Å². The van der Waals surface area contributed by atoms with E-state index in [0.29, 0.717) is 17.9 Å². The largest absolute Gasteiger partial charge is 0.481 e. The summed E-state index contributed by atoms with van der Waals surface area (Å²) in [6.45, 7) is 7.76. The van der Waals surface area contributed by atoms with E-state index in [0.717, 1.165) is 16.9 Å². The van der Waals surface area contributed by atoms with Crippen molar-refractivity contribution in [1.29, 1.82) is 0 Å². The van der Waals surface area contributed by atoms with E-state index in [4.69, 9.17) is 9.15 Å². The fourth-order valence-electron chi connectivity index (χ4n) is 3.42. The summed E-state index contributed by atoms with van der Waals surface area (Å²) in [4.78, 5) is 14.8. The van der Waals surface area contributed by atoms with Gasteiger partial charge in [0.25, 0.3) is 5.91 Å². The van der Waals surface area contributed by atoms with Crippen molar-refractivity contribution in [3.63, 3.8) is 0 Å². The average molecular weight is 406 g/mol. The van der Waals surface area contributed by atoms with Crippen molar-refractivity contribution in [2.45, 2.75) is 52.8 Å². The molecular formula is C21H27NO5S. The molecule has 1 aromatic heterocycles. The van der Waals surface area contributed by atoms with Gasteiger partial charge in [-0.25, -0.2) is 8.42 Å². The summed E-state index contributed by atoms with van der Waals surface area (Å²) in [5, 5.41) is 0. The maximum atomic E-state index is 13.2. The topological polar surface area (TPSA) is 76.8 Å². The van der Waals surface area contributed by atoms with Crippen LogP contribution in [-0.4, -0.2) is 42.9 Å². The van der Waals surface area contributed by atoms with E-state index in [-0.39, 0.29) is 30.0 Å². The van der Waals surface area contributed by atoms with Crippen molar-refractivity contribution in [3.8, 4) is 5.75 Å². The number of nitrogens with zero attached hydrogens (tertiary/aromatic N) is 1. The van der Waals surface area contributed by atoms with Crippen LogP contribution < -0.4 is 4.74 Å². The number of amides is 1. The van der Waals surface area contributed by atoms with Crippen LogP contribution in [0.4, 0.5) is 0 Å². The molecule has 2 atom stereocenters. The number of carbonyl (C=O) groups is 1. The number of rotatable bonds is 6. The summed E-state index contributed by atoms with van der Waals surface area (Å²) in [7, 11) is -3.12. The Morgan fingerprint density at radius 3 is 2.54 bits per heavy atom. The number of hydrogen-bond donors (Lipinski definition) is 0. The number of hydrogen-bond acceptors (Lipinski definition) is 5. The molecular weight excluding hydrogens is 378 g/mol. The molecule has 7 heteroatoms. The Bertz CT molecular complexity index is 963. The van der Waals surface area contributed by atoms with Crippen LogP contribution in [0.5, 0.6) is 5.75 Å². The van der Waals surface area contributed by atoms with E-state index in [1.807, 2.05) is 51.1 Å². The van der Waals surface area contributed by atoms with E-state index in [2.05, 4.69) is 0 Å². The number of ether oxygens (including phenoxy) is 1. The number of benzene rings is 1. The first-order chi connectivity index (χ1) is 13.1. The van der Waals surface area contributed by atoms with Gasteiger partial charge in [-0.05, 0) is 69.5 Å². The molecule has 6 nitrogen and oxygen atoms in total. The Labute approximate surface area is 166 Å². The number of aryl methyl sites for hydroxylation is 3. The van der Waals surface area contributed by atoms with Gasteiger partial charge in [-0.1, -0.05) is 6.07 Å². The molecule has 1 saturated heterocycles. The van der Waals surface area contributed by atoms with Crippen LogP contribution in [0.1, 0.15) is 36.0 Å². The zero-order valence-electron chi connectivity index (χ0n) is 16.8. The van der Waals surface area contributed by atoms with Crippen molar-refractivity contribution >= 4 is 15.7 Å². The van der Waals surface area contributed by atoms with Gasteiger partial charge in [0.2, 0.25) is 0 Å². The molecule has 0 saturated carbocycles. The van der Waals surface area contributed by atoms with Crippen molar-refractivity contribution in [1.82, 2.24) is 4.90 Å². The highest BCUT2D eigenvalue weighted by atomic mass is 32.2. The molecule has 0 aliphatic carbocycles. The van der Waals surface area contributed by atoms with Crippen LogP contribution in [0.3, 0.4) is 0 Å². The first-order valence-corrected chi connectivity index (χ1v) is 11.3. The third-order valence-electron chi connectivity index (χ3n) is 5.19. The molecule has 152 valence electrons. The van der Waals surface area contributed by atoms with E-state index in [9.17, 15) is 13.2 Å². The third kappa shape index (κ3) is 4.76. The second kappa shape index (κ2) is 7.99. The summed E-state index contributed by atoms with van der Waals surface area (Å²) in [6, 6.07) is 8.97. The average Bonchev–Trinajstić information content (AvgIpc) is 3.20. The second-order valence-corrected chi connectivity index (χ2v) is 9.77. The lowest BCUT2D eigenvalue weighted by molar-refractivity contribution is -0.140. The van der Waals surface area contributed by atoms with Gasteiger partial charge in [0.05, 0.1) is 18.1 Å². The van der Waals surface area contributed by atoms with Crippen molar-refractivity contribution in [2.75, 3.05) is 11.5 Å². The number of sulfone groups is 1. The molecule has 1 aliphatic rings. The monoisotopic (exact) mass is 405 g/mol. The Morgan fingerprint density at radius 1 is 1.21 bits per heavy atom. The van der Waals surface area contributed by atoms with Gasteiger partial charge in [-0.3, -0.25) is 4.79 Å². The van der Waals surface area contributed by atoms with Crippen LogP contribution in [0.25, 0.3) is 0 Å². The minimum absolute atomic E-state index is 0.0191. The predicted molar refractivity (Wildman–Crippen MR) is 107 cm³/mol. The van der Waals surface area contributed by atoms with Gasteiger partial charge in [-0.2, -0.15) is 0 Å². The third-order valence-corrected chi connectivity index (χ3v) is 6.94. The molecule has 1 fully saturated rings. The maximum Gasteiger partial charge on any atom is 0.264 e. The molecule has 3 rings (SSSR count). The SMILES string of the molecule is Cc1ccc(CN(C(=O)[C@@H](C)Oc2ccc(C)c(C)c2)[C@H]2CCS(=O)(=O)C2)o1. The molecule has 0 unspecified atom stereocenters. The molecule has 28 heavy (non-hydrogen) atoms. The fourth-order valence-corrected chi connectivity index (χ4v) is 5.15. The van der Waals surface area contributed by atoms with Crippen molar-refractivity contribution in [2.24, 2.45) is 0 Å². The Balaban J connectivity index is 1.79. The zero-order valence-corrected chi connectivity index (χ0v) is 17.6. The van der Waals surface area contributed by atoms with Crippen LogP contribution in [0.2, 0.25) is 0 Å². The molecule has 0 spiro atoms. The van der Waals surface area contributed by atoms with E-state index in [1.165, 1.54) is 0 Å². The lowest BCUT2D eigenvalue weighted by Crippen LogP contribution is -2.46. The molecule has 2 heterocycles. The van der Waals surface area contributed by atoms with Crippen LogP contribution in [-0.2, 0) is 21.2 Å². The normalized spacial score (nSPS) is 19.4. The highest BCUT2D eigenvalue weighted by molar-refractivity contribution is 7.91. The van der Waals surface area contributed by atoms with Crippen molar-refractivity contribution in [3.05, 3.63) is 53.0 Å². The zero-order chi connectivity index (χ0) is 20.5. The maximum absolute atomic E-state index is 13.2. The van der Waals surface area contributed by atoms with Gasteiger partial charge >= 0.3 is 0 Å². The molecule has 0 N–H and O–H groups in total. The second-order valence-electron chi connectivity index (χ2n) is 7.54. The summed E-state index contributed by atoms with van der Waals surface area (Å²) in [5.74, 6) is 1.85. The first kappa shape index (κ1) is 20.5. The van der Waals surface area contributed by atoms with Crippen LogP contribution in [0.15, 0.2) is 34.7 Å². The first-order valence-electron chi connectivity index (χ1n) is 9.45. The van der Waals surface area contributed by atoms with Gasteiger partial charge < -0.3 is 14.1 Å².